The van der Waals surface area contributed by atoms with Crippen molar-refractivity contribution in [3.8, 4) is 17.4 Å². The van der Waals surface area contributed by atoms with E-state index in [1.165, 1.54) is 15.7 Å². The molecule has 7 nitrogen and oxygen atoms in total. The lowest BCUT2D eigenvalue weighted by molar-refractivity contribution is 0.0719. The van der Waals surface area contributed by atoms with Crippen molar-refractivity contribution in [2.45, 2.75) is 6.92 Å². The number of carbonyl (C=O) groups is 1. The van der Waals surface area contributed by atoms with Crippen molar-refractivity contribution in [2.24, 2.45) is 0 Å². The second-order valence-corrected chi connectivity index (χ2v) is 6.63. The van der Waals surface area contributed by atoms with Gasteiger partial charge in [0.05, 0.1) is 17.1 Å². The molecule has 0 aliphatic carbocycles. The van der Waals surface area contributed by atoms with Gasteiger partial charge < -0.3 is 4.74 Å². The summed E-state index contributed by atoms with van der Waals surface area (Å²) < 4.78 is 8.24. The van der Waals surface area contributed by atoms with Gasteiger partial charge in [0.25, 0.3) is 0 Å². The maximum absolute atomic E-state index is 12.6. The molecule has 0 fully saturated rings. The smallest absolute Gasteiger partial charge is 0.351 e. The van der Waals surface area contributed by atoms with E-state index < -0.39 is 5.97 Å². The summed E-state index contributed by atoms with van der Waals surface area (Å²) in [6.45, 7) is 1.67. The van der Waals surface area contributed by atoms with Gasteiger partial charge in [-0.05, 0) is 43.3 Å². The number of esters is 1. The fourth-order valence-electron chi connectivity index (χ4n) is 2.62. The van der Waals surface area contributed by atoms with E-state index in [1.807, 2.05) is 30.3 Å². The highest BCUT2D eigenvalue weighted by Crippen LogP contribution is 2.25. The molecule has 9 heteroatoms. The first-order valence-electron chi connectivity index (χ1n) is 8.23. The summed E-state index contributed by atoms with van der Waals surface area (Å²) in [6, 6.07) is 16.2. The van der Waals surface area contributed by atoms with Crippen LogP contribution in [0, 0.1) is 6.92 Å². The summed E-state index contributed by atoms with van der Waals surface area (Å²) in [6.07, 6.45) is 1.46. The highest BCUT2D eigenvalue weighted by molar-refractivity contribution is 6.33. The molecule has 4 aromatic rings. The van der Waals surface area contributed by atoms with Crippen LogP contribution in [0.2, 0.25) is 10.2 Å². The third-order valence-corrected chi connectivity index (χ3v) is 4.56. The number of carbonyl (C=O) groups excluding carboxylic acids is 1. The fraction of sp³-hybridized carbons (Fsp3) is 0.0526. The predicted octanol–water partition coefficient (Wildman–Crippen LogP) is 4.29. The Morgan fingerprint density at radius 3 is 2.39 bits per heavy atom. The predicted molar refractivity (Wildman–Crippen MR) is 105 cm³/mol. The van der Waals surface area contributed by atoms with Crippen LogP contribution in [0.3, 0.4) is 0 Å². The van der Waals surface area contributed by atoms with Crippen molar-refractivity contribution in [1.29, 1.82) is 0 Å². The Morgan fingerprint density at radius 2 is 1.68 bits per heavy atom. The molecule has 0 aliphatic heterocycles. The minimum Gasteiger partial charge on any atom is -0.386 e. The highest BCUT2D eigenvalue weighted by Gasteiger charge is 2.24. The van der Waals surface area contributed by atoms with E-state index in [4.69, 9.17) is 27.9 Å². The van der Waals surface area contributed by atoms with E-state index in [2.05, 4.69) is 15.2 Å². The summed E-state index contributed by atoms with van der Waals surface area (Å²) >= 11 is 12.3. The first-order chi connectivity index (χ1) is 13.5. The number of hydrogen-bond acceptors (Lipinski definition) is 5. The molecule has 0 radical (unpaired) electrons. The van der Waals surface area contributed by atoms with Crippen molar-refractivity contribution in [2.75, 3.05) is 0 Å². The maximum Gasteiger partial charge on any atom is 0.351 e. The molecular formula is C19H13Cl2N5O2. The number of aryl methyl sites for hydroxylation is 1. The molecule has 0 atom stereocenters. The van der Waals surface area contributed by atoms with Crippen LogP contribution in [0.25, 0.3) is 11.4 Å². The Bertz CT molecular complexity index is 1140. The highest BCUT2D eigenvalue weighted by atomic mass is 35.5. The van der Waals surface area contributed by atoms with Gasteiger partial charge >= 0.3 is 12.0 Å². The number of aromatic nitrogens is 5. The van der Waals surface area contributed by atoms with Crippen LogP contribution >= 0.6 is 23.2 Å². The number of hydrogen-bond donors (Lipinski definition) is 0. The molecule has 0 spiro atoms. The van der Waals surface area contributed by atoms with Crippen LogP contribution in [-0.2, 0) is 0 Å². The molecular weight excluding hydrogens is 401 g/mol. The summed E-state index contributed by atoms with van der Waals surface area (Å²) in [5, 5.41) is 9.20. The third kappa shape index (κ3) is 3.49. The summed E-state index contributed by atoms with van der Waals surface area (Å²) in [4.78, 5) is 16.6. The lowest BCUT2D eigenvalue weighted by atomic mass is 10.2. The SMILES string of the molecule is Cc1nn(-c2ccc(Cl)cc2)c(Cl)c1C(=O)Oc1ncn(-c2ccccc2)n1. The van der Waals surface area contributed by atoms with Gasteiger partial charge in [-0.3, -0.25) is 0 Å². The van der Waals surface area contributed by atoms with Crippen molar-refractivity contribution in [1.82, 2.24) is 24.5 Å². The van der Waals surface area contributed by atoms with Crippen molar-refractivity contribution >= 4 is 29.2 Å². The van der Waals surface area contributed by atoms with Crippen molar-refractivity contribution < 1.29 is 9.53 Å². The van der Waals surface area contributed by atoms with E-state index >= 15 is 0 Å². The Balaban J connectivity index is 1.59. The van der Waals surface area contributed by atoms with Gasteiger partial charge in [-0.1, -0.05) is 41.4 Å². The first-order valence-corrected chi connectivity index (χ1v) is 8.99. The van der Waals surface area contributed by atoms with E-state index in [0.717, 1.165) is 5.69 Å². The molecule has 0 unspecified atom stereocenters. The van der Waals surface area contributed by atoms with Crippen LogP contribution in [0.5, 0.6) is 6.01 Å². The van der Waals surface area contributed by atoms with Crippen molar-refractivity contribution in [3.05, 3.63) is 82.4 Å². The van der Waals surface area contributed by atoms with Gasteiger partial charge in [0, 0.05) is 5.02 Å². The fourth-order valence-corrected chi connectivity index (χ4v) is 3.09. The Labute approximate surface area is 170 Å². The molecule has 2 aromatic heterocycles. The molecule has 2 aromatic carbocycles. The summed E-state index contributed by atoms with van der Waals surface area (Å²) in [5.41, 5.74) is 2.03. The largest absolute Gasteiger partial charge is 0.386 e. The van der Waals surface area contributed by atoms with E-state index in [0.29, 0.717) is 16.4 Å². The third-order valence-electron chi connectivity index (χ3n) is 3.95. The van der Waals surface area contributed by atoms with Gasteiger partial charge in [-0.2, -0.15) is 10.1 Å². The van der Waals surface area contributed by atoms with Gasteiger partial charge in [0.15, 0.2) is 0 Å². The van der Waals surface area contributed by atoms with Crippen LogP contribution < -0.4 is 4.74 Å². The lowest BCUT2D eigenvalue weighted by Gasteiger charge is -2.03. The first kappa shape index (κ1) is 18.2. The zero-order valence-corrected chi connectivity index (χ0v) is 16.1. The maximum atomic E-state index is 12.6. The second kappa shape index (κ2) is 7.46. The lowest BCUT2D eigenvalue weighted by Crippen LogP contribution is -2.11. The standard InChI is InChI=1S/C19H13Cl2N5O2/c1-12-16(17(21)26(23-12)15-9-7-13(20)8-10-15)18(27)28-19-22-11-25(24-19)14-5-3-2-4-6-14/h2-11H,1H3. The zero-order chi connectivity index (χ0) is 19.7. The average Bonchev–Trinajstić information content (AvgIpc) is 3.27. The van der Waals surface area contributed by atoms with Crippen LogP contribution in [0.4, 0.5) is 0 Å². The second-order valence-electron chi connectivity index (χ2n) is 5.84. The Morgan fingerprint density at radius 1 is 0.964 bits per heavy atom. The van der Waals surface area contributed by atoms with E-state index in [9.17, 15) is 4.79 Å². The Hall–Kier alpha value is -3.16. The van der Waals surface area contributed by atoms with Gasteiger partial charge in [-0.15, -0.1) is 5.10 Å². The van der Waals surface area contributed by atoms with Crippen LogP contribution in [0.1, 0.15) is 16.1 Å². The molecule has 0 saturated carbocycles. The molecule has 2 heterocycles. The molecule has 0 amide bonds. The molecule has 4 rings (SSSR count). The quantitative estimate of drug-likeness (QED) is 0.466. The van der Waals surface area contributed by atoms with Crippen LogP contribution in [-0.4, -0.2) is 30.5 Å². The minimum atomic E-state index is -0.687. The van der Waals surface area contributed by atoms with E-state index in [-0.39, 0.29) is 16.7 Å². The van der Waals surface area contributed by atoms with Crippen LogP contribution in [0.15, 0.2) is 60.9 Å². The van der Waals surface area contributed by atoms with Gasteiger partial charge in [0.2, 0.25) is 0 Å². The summed E-state index contributed by atoms with van der Waals surface area (Å²) in [7, 11) is 0. The molecule has 28 heavy (non-hydrogen) atoms. The zero-order valence-electron chi connectivity index (χ0n) is 14.6. The number of ether oxygens (including phenoxy) is 1. The number of halogens is 2. The Kier molecular flexibility index (Phi) is 4.85. The van der Waals surface area contributed by atoms with Gasteiger partial charge in [0.1, 0.15) is 17.0 Å². The molecule has 140 valence electrons. The molecule has 0 aliphatic rings. The average molecular weight is 414 g/mol. The minimum absolute atomic E-state index is 0.0800. The normalized spacial score (nSPS) is 10.8. The molecule has 0 bridgehead atoms. The monoisotopic (exact) mass is 413 g/mol. The molecule has 0 saturated heterocycles. The number of rotatable bonds is 4. The summed E-state index contributed by atoms with van der Waals surface area (Å²) in [5.74, 6) is -0.687. The van der Waals surface area contributed by atoms with E-state index in [1.54, 1.807) is 31.2 Å². The molecule has 0 N–H and O–H groups in total. The topological polar surface area (TPSA) is 74.8 Å². The number of benzene rings is 2. The van der Waals surface area contributed by atoms with Crippen molar-refractivity contribution in [3.63, 3.8) is 0 Å². The van der Waals surface area contributed by atoms with Gasteiger partial charge in [-0.25, -0.2) is 14.2 Å². The number of para-hydroxylation sites is 1. The number of nitrogens with zero attached hydrogens (tertiary/aromatic N) is 5.